The number of nitrogens with zero attached hydrogens (tertiary/aromatic N) is 1. The van der Waals surface area contributed by atoms with Gasteiger partial charge in [0.05, 0.1) is 11.6 Å². The summed E-state index contributed by atoms with van der Waals surface area (Å²) in [6.45, 7) is 7.38. The van der Waals surface area contributed by atoms with Crippen molar-refractivity contribution >= 4 is 11.7 Å². The monoisotopic (exact) mass is 293 g/mol. The van der Waals surface area contributed by atoms with Crippen LogP contribution in [0.3, 0.4) is 0 Å². The molecule has 1 unspecified atom stereocenters. The summed E-state index contributed by atoms with van der Waals surface area (Å²) < 4.78 is 5.56. The van der Waals surface area contributed by atoms with Crippen molar-refractivity contribution in [3.05, 3.63) is 29.8 Å². The summed E-state index contributed by atoms with van der Waals surface area (Å²) in [7, 11) is 0. The number of ether oxygens (including phenoxy) is 1. The molecule has 0 spiro atoms. The summed E-state index contributed by atoms with van der Waals surface area (Å²) in [5.74, 6) is 0.285. The molecule has 116 valence electrons. The molecule has 0 aromatic heterocycles. The number of nitrogens with two attached hydrogens (primary N) is 1. The number of hydrogen-bond acceptors (Lipinski definition) is 4. The first-order valence-electron chi connectivity index (χ1n) is 6.89. The second-order valence-electron chi connectivity index (χ2n) is 5.32. The van der Waals surface area contributed by atoms with E-state index in [0.717, 1.165) is 0 Å². The average molecular weight is 293 g/mol. The highest BCUT2D eigenvalue weighted by Crippen LogP contribution is 2.17. The lowest BCUT2D eigenvalue weighted by molar-refractivity contribution is 0.0924. The molecule has 6 nitrogen and oxygen atoms in total. The van der Waals surface area contributed by atoms with Crippen LogP contribution >= 0.6 is 0 Å². The van der Waals surface area contributed by atoms with Gasteiger partial charge in [-0.3, -0.25) is 4.79 Å². The van der Waals surface area contributed by atoms with Gasteiger partial charge in [0.25, 0.3) is 5.91 Å². The lowest BCUT2D eigenvalue weighted by Gasteiger charge is -2.28. The van der Waals surface area contributed by atoms with Crippen molar-refractivity contribution in [1.29, 1.82) is 0 Å². The fourth-order valence-corrected chi connectivity index (χ4v) is 1.75. The van der Waals surface area contributed by atoms with E-state index in [1.807, 2.05) is 20.8 Å². The second-order valence-corrected chi connectivity index (χ2v) is 5.32. The average Bonchev–Trinajstić information content (AvgIpc) is 2.45. The van der Waals surface area contributed by atoms with Gasteiger partial charge in [-0.25, -0.2) is 0 Å². The molecule has 0 heterocycles. The van der Waals surface area contributed by atoms with E-state index in [2.05, 4.69) is 10.5 Å². The van der Waals surface area contributed by atoms with Gasteiger partial charge in [-0.05, 0) is 45.4 Å². The molecule has 1 aromatic carbocycles. The van der Waals surface area contributed by atoms with Crippen LogP contribution in [0, 0.1) is 0 Å². The molecule has 4 N–H and O–H groups in total. The molecular formula is C15H23N3O3. The minimum absolute atomic E-state index is 0.0291. The number of hydrogen-bond donors (Lipinski definition) is 3. The largest absolute Gasteiger partial charge is 0.491 e. The quantitative estimate of drug-likeness (QED) is 0.324. The number of carbonyl (C=O) groups is 1. The van der Waals surface area contributed by atoms with Gasteiger partial charge in [-0.2, -0.15) is 0 Å². The minimum atomic E-state index is -0.902. The number of amidine groups is 1. The molecule has 0 aliphatic heterocycles. The van der Waals surface area contributed by atoms with Crippen molar-refractivity contribution in [2.45, 2.75) is 45.8 Å². The van der Waals surface area contributed by atoms with Crippen molar-refractivity contribution in [2.75, 3.05) is 0 Å². The second kappa shape index (κ2) is 6.97. The van der Waals surface area contributed by atoms with Crippen LogP contribution in [-0.2, 0) is 0 Å². The van der Waals surface area contributed by atoms with Crippen LogP contribution < -0.4 is 15.8 Å². The highest BCUT2D eigenvalue weighted by Gasteiger charge is 2.30. The van der Waals surface area contributed by atoms with Crippen molar-refractivity contribution in [1.82, 2.24) is 5.32 Å². The van der Waals surface area contributed by atoms with Crippen LogP contribution in [0.2, 0.25) is 0 Å². The zero-order valence-corrected chi connectivity index (χ0v) is 12.9. The maximum absolute atomic E-state index is 12.3. The molecule has 0 saturated carbocycles. The first-order valence-corrected chi connectivity index (χ1v) is 6.89. The Kier molecular flexibility index (Phi) is 5.58. The van der Waals surface area contributed by atoms with E-state index in [9.17, 15) is 4.79 Å². The van der Waals surface area contributed by atoms with Crippen molar-refractivity contribution < 1.29 is 14.7 Å². The van der Waals surface area contributed by atoms with E-state index in [4.69, 9.17) is 15.7 Å². The third kappa shape index (κ3) is 4.37. The van der Waals surface area contributed by atoms with Gasteiger partial charge < -0.3 is 21.0 Å². The smallest absolute Gasteiger partial charge is 0.252 e. The first kappa shape index (κ1) is 16.8. The van der Waals surface area contributed by atoms with Gasteiger partial charge >= 0.3 is 0 Å². The molecule has 0 aliphatic carbocycles. The maximum Gasteiger partial charge on any atom is 0.252 e. The normalized spacial score (nSPS) is 14.6. The Morgan fingerprint density at radius 2 is 2.19 bits per heavy atom. The van der Waals surface area contributed by atoms with Crippen LogP contribution in [0.4, 0.5) is 0 Å². The van der Waals surface area contributed by atoms with Gasteiger partial charge in [0, 0.05) is 5.56 Å². The van der Waals surface area contributed by atoms with Crippen LogP contribution in [0.25, 0.3) is 0 Å². The third-order valence-corrected chi connectivity index (χ3v) is 3.24. The molecular weight excluding hydrogens is 270 g/mol. The third-order valence-electron chi connectivity index (χ3n) is 3.24. The number of amides is 1. The van der Waals surface area contributed by atoms with Gasteiger partial charge in [-0.1, -0.05) is 18.1 Å². The lowest BCUT2D eigenvalue weighted by Crippen LogP contribution is -2.55. The van der Waals surface area contributed by atoms with Crippen LogP contribution in [0.15, 0.2) is 29.4 Å². The Hall–Kier alpha value is -2.24. The number of nitrogens with one attached hydrogen (secondary N) is 1. The zero-order valence-electron chi connectivity index (χ0n) is 12.9. The Morgan fingerprint density at radius 3 is 2.71 bits per heavy atom. The summed E-state index contributed by atoms with van der Waals surface area (Å²) in [5.41, 5.74) is 5.20. The summed E-state index contributed by atoms with van der Waals surface area (Å²) in [6, 6.07) is 6.89. The summed E-state index contributed by atoms with van der Waals surface area (Å²) in [5, 5.41) is 14.6. The van der Waals surface area contributed by atoms with Crippen molar-refractivity contribution in [3.63, 3.8) is 0 Å². The molecule has 1 aromatic rings. The Bertz CT molecular complexity index is 529. The number of oxime groups is 1. The molecule has 0 bridgehead atoms. The standard InChI is InChI=1S/C15H23N3O3/c1-5-15(4,14(16)18-20)17-13(19)11-7-6-8-12(9-11)21-10(2)3/h6-10,20H,5H2,1-4H3,(H2,16,18)(H,17,19). The van der Waals surface area contributed by atoms with Gasteiger partial charge in [0.2, 0.25) is 0 Å². The Morgan fingerprint density at radius 1 is 1.52 bits per heavy atom. The molecule has 0 aliphatic rings. The Labute approximate surface area is 125 Å². The molecule has 21 heavy (non-hydrogen) atoms. The highest BCUT2D eigenvalue weighted by atomic mass is 16.5. The van der Waals surface area contributed by atoms with E-state index in [-0.39, 0.29) is 17.8 Å². The lowest BCUT2D eigenvalue weighted by atomic mass is 9.97. The van der Waals surface area contributed by atoms with Crippen LogP contribution in [0.1, 0.15) is 44.5 Å². The first-order chi connectivity index (χ1) is 9.82. The Balaban J connectivity index is 2.93. The number of carbonyl (C=O) groups excluding carboxylic acids is 1. The summed E-state index contributed by atoms with van der Waals surface area (Å²) in [4.78, 5) is 12.3. The van der Waals surface area contributed by atoms with E-state index in [1.54, 1.807) is 31.2 Å². The van der Waals surface area contributed by atoms with E-state index >= 15 is 0 Å². The topological polar surface area (TPSA) is 96.9 Å². The molecule has 0 fully saturated rings. The number of rotatable bonds is 6. The van der Waals surface area contributed by atoms with E-state index in [0.29, 0.717) is 17.7 Å². The predicted octanol–water partition coefficient (Wildman–Crippen LogP) is 2.12. The SMILES string of the molecule is CCC(C)(NC(=O)c1cccc(OC(C)C)c1)C(N)=NO. The van der Waals surface area contributed by atoms with E-state index in [1.165, 1.54) is 0 Å². The van der Waals surface area contributed by atoms with Gasteiger partial charge in [0.1, 0.15) is 5.75 Å². The zero-order chi connectivity index (χ0) is 16.0. The summed E-state index contributed by atoms with van der Waals surface area (Å²) >= 11 is 0. The molecule has 1 amide bonds. The maximum atomic E-state index is 12.3. The molecule has 1 atom stereocenters. The van der Waals surface area contributed by atoms with Crippen LogP contribution in [-0.4, -0.2) is 28.6 Å². The minimum Gasteiger partial charge on any atom is -0.491 e. The van der Waals surface area contributed by atoms with Crippen molar-refractivity contribution in [2.24, 2.45) is 10.9 Å². The molecule has 0 saturated heterocycles. The molecule has 0 radical (unpaired) electrons. The fraction of sp³-hybridized carbons (Fsp3) is 0.467. The number of benzene rings is 1. The predicted molar refractivity (Wildman–Crippen MR) is 81.8 cm³/mol. The highest BCUT2D eigenvalue weighted by molar-refractivity contribution is 6.00. The van der Waals surface area contributed by atoms with Crippen molar-refractivity contribution in [3.8, 4) is 5.75 Å². The molecule has 6 heteroatoms. The van der Waals surface area contributed by atoms with Gasteiger partial charge in [-0.15, -0.1) is 0 Å². The summed E-state index contributed by atoms with van der Waals surface area (Å²) in [6.07, 6.45) is 0.526. The fourth-order valence-electron chi connectivity index (χ4n) is 1.75. The van der Waals surface area contributed by atoms with E-state index < -0.39 is 5.54 Å². The van der Waals surface area contributed by atoms with Gasteiger partial charge in [0.15, 0.2) is 5.84 Å². The van der Waals surface area contributed by atoms with Crippen LogP contribution in [0.5, 0.6) is 5.75 Å². The molecule has 1 rings (SSSR count).